The zero-order chi connectivity index (χ0) is 18.5. The number of aromatic nitrogens is 1. The van der Waals surface area contributed by atoms with Crippen LogP contribution in [0.15, 0.2) is 46.8 Å². The van der Waals surface area contributed by atoms with E-state index in [1.165, 1.54) is 23.1 Å². The molecule has 0 spiro atoms. The van der Waals surface area contributed by atoms with Gasteiger partial charge in [0.25, 0.3) is 0 Å². The van der Waals surface area contributed by atoms with Crippen LogP contribution in [0.3, 0.4) is 0 Å². The number of esters is 1. The first-order valence-corrected chi connectivity index (χ1v) is 9.98. The molecule has 0 saturated heterocycles. The van der Waals surface area contributed by atoms with Crippen LogP contribution < -0.4 is 5.32 Å². The highest BCUT2D eigenvalue weighted by molar-refractivity contribution is 7.99. The maximum absolute atomic E-state index is 12.3. The van der Waals surface area contributed by atoms with Gasteiger partial charge in [0.1, 0.15) is 5.00 Å². The van der Waals surface area contributed by atoms with Gasteiger partial charge in [-0.1, -0.05) is 30.0 Å². The van der Waals surface area contributed by atoms with Gasteiger partial charge in [-0.2, -0.15) is 0 Å². The molecule has 0 fully saturated rings. The Morgan fingerprint density at radius 1 is 1.27 bits per heavy atom. The van der Waals surface area contributed by atoms with Gasteiger partial charge in [0, 0.05) is 5.39 Å². The number of nitrogens with one attached hydrogen (secondary N) is 1. The largest absolute Gasteiger partial charge is 0.462 e. The molecule has 0 saturated carbocycles. The number of benzene rings is 1. The highest BCUT2D eigenvalue weighted by atomic mass is 32.2. The van der Waals surface area contributed by atoms with Crippen molar-refractivity contribution in [3.63, 3.8) is 0 Å². The number of hydrogen-bond donors (Lipinski definition) is 1. The molecule has 3 aromatic rings. The van der Waals surface area contributed by atoms with E-state index in [0.717, 1.165) is 21.5 Å². The summed E-state index contributed by atoms with van der Waals surface area (Å²) in [6, 6.07) is 11.6. The number of thiophene rings is 1. The lowest BCUT2D eigenvalue weighted by molar-refractivity contribution is -0.113. The van der Waals surface area contributed by atoms with Gasteiger partial charge in [0.15, 0.2) is 0 Å². The SMILES string of the molecule is CCOC(=O)c1ccsc1NC(=O)CSc1cc(C)c2ccccc2n1. The number of fused-ring (bicyclic) bond motifs is 1. The molecule has 2 aromatic heterocycles. The lowest BCUT2D eigenvalue weighted by Gasteiger charge is -2.07. The Balaban J connectivity index is 1.65. The first kappa shape index (κ1) is 18.4. The third kappa shape index (κ3) is 4.23. The molecule has 0 atom stereocenters. The van der Waals surface area contributed by atoms with Gasteiger partial charge in [-0.15, -0.1) is 11.3 Å². The van der Waals surface area contributed by atoms with E-state index < -0.39 is 5.97 Å². The molecule has 0 aliphatic rings. The second-order valence-corrected chi connectivity index (χ2v) is 7.43. The highest BCUT2D eigenvalue weighted by Gasteiger charge is 2.16. The number of rotatable bonds is 6. The van der Waals surface area contributed by atoms with Gasteiger partial charge >= 0.3 is 5.97 Å². The molecular weight excluding hydrogens is 368 g/mol. The molecule has 26 heavy (non-hydrogen) atoms. The number of nitrogens with zero attached hydrogens (tertiary/aromatic N) is 1. The molecule has 7 heteroatoms. The van der Waals surface area contributed by atoms with Crippen LogP contribution in [-0.4, -0.2) is 29.2 Å². The Bertz CT molecular complexity index is 953. The van der Waals surface area contributed by atoms with Crippen molar-refractivity contribution < 1.29 is 14.3 Å². The van der Waals surface area contributed by atoms with Gasteiger partial charge in [-0.25, -0.2) is 9.78 Å². The first-order chi connectivity index (χ1) is 12.6. The Morgan fingerprint density at radius 3 is 2.88 bits per heavy atom. The number of carbonyl (C=O) groups is 2. The van der Waals surface area contributed by atoms with E-state index in [-0.39, 0.29) is 11.7 Å². The quantitative estimate of drug-likeness (QED) is 0.499. The van der Waals surface area contributed by atoms with E-state index in [2.05, 4.69) is 10.3 Å². The minimum absolute atomic E-state index is 0.185. The van der Waals surface area contributed by atoms with Crippen molar-refractivity contribution in [1.82, 2.24) is 4.98 Å². The minimum Gasteiger partial charge on any atom is -0.462 e. The molecule has 0 radical (unpaired) electrons. The maximum atomic E-state index is 12.3. The number of thioether (sulfide) groups is 1. The lowest BCUT2D eigenvalue weighted by Crippen LogP contribution is -2.16. The summed E-state index contributed by atoms with van der Waals surface area (Å²) in [5.74, 6) is -0.399. The van der Waals surface area contributed by atoms with Crippen molar-refractivity contribution in [1.29, 1.82) is 0 Å². The molecule has 134 valence electrons. The number of anilines is 1. The van der Waals surface area contributed by atoms with Crippen LogP contribution in [0.5, 0.6) is 0 Å². The molecule has 3 rings (SSSR count). The number of ether oxygens (including phenoxy) is 1. The molecule has 5 nitrogen and oxygen atoms in total. The van der Waals surface area contributed by atoms with Crippen molar-refractivity contribution in [2.75, 3.05) is 17.7 Å². The van der Waals surface area contributed by atoms with Gasteiger partial charge in [-0.3, -0.25) is 4.79 Å². The fourth-order valence-electron chi connectivity index (χ4n) is 2.47. The molecule has 1 aromatic carbocycles. The zero-order valence-corrected chi connectivity index (χ0v) is 16.1. The van der Waals surface area contributed by atoms with Gasteiger partial charge in [0.2, 0.25) is 5.91 Å². The summed E-state index contributed by atoms with van der Waals surface area (Å²) in [6.07, 6.45) is 0. The molecule has 0 unspecified atom stereocenters. The third-order valence-corrected chi connectivity index (χ3v) is 5.41. The van der Waals surface area contributed by atoms with Crippen LogP contribution in [0, 0.1) is 6.92 Å². The number of aryl methyl sites for hydroxylation is 1. The van der Waals surface area contributed by atoms with Crippen molar-refractivity contribution >= 4 is 50.9 Å². The summed E-state index contributed by atoms with van der Waals surface area (Å²) in [5.41, 5.74) is 2.43. The Kier molecular flexibility index (Phi) is 5.90. The molecular formula is C19H18N2O3S2. The number of carbonyl (C=O) groups excluding carboxylic acids is 2. The van der Waals surface area contributed by atoms with Crippen LogP contribution in [0.1, 0.15) is 22.8 Å². The average Bonchev–Trinajstić information content (AvgIpc) is 3.08. The number of pyridine rings is 1. The predicted octanol–water partition coefficient (Wildman–Crippen LogP) is 4.51. The van der Waals surface area contributed by atoms with E-state index in [0.29, 0.717) is 17.2 Å². The van der Waals surface area contributed by atoms with Crippen molar-refractivity contribution in [3.05, 3.63) is 52.9 Å². The van der Waals surface area contributed by atoms with Crippen LogP contribution in [-0.2, 0) is 9.53 Å². The number of hydrogen-bond acceptors (Lipinski definition) is 6. The molecule has 1 N–H and O–H groups in total. The van der Waals surface area contributed by atoms with Gasteiger partial charge < -0.3 is 10.1 Å². The average molecular weight is 386 g/mol. The van der Waals surface area contributed by atoms with Crippen LogP contribution in [0.25, 0.3) is 10.9 Å². The van der Waals surface area contributed by atoms with Crippen LogP contribution in [0.4, 0.5) is 5.00 Å². The van der Waals surface area contributed by atoms with Crippen LogP contribution >= 0.6 is 23.1 Å². The predicted molar refractivity (Wildman–Crippen MR) is 106 cm³/mol. The summed E-state index contributed by atoms with van der Waals surface area (Å²) in [4.78, 5) is 28.7. The van der Waals surface area contributed by atoms with E-state index >= 15 is 0 Å². The molecule has 2 heterocycles. The fourth-order valence-corrected chi connectivity index (χ4v) is 4.04. The first-order valence-electron chi connectivity index (χ1n) is 8.12. The van der Waals surface area contributed by atoms with E-state index in [4.69, 9.17) is 4.74 Å². The number of para-hydroxylation sites is 1. The summed E-state index contributed by atoms with van der Waals surface area (Å²) in [6.45, 7) is 4.08. The van der Waals surface area contributed by atoms with Crippen LogP contribution in [0.2, 0.25) is 0 Å². The fraction of sp³-hybridized carbons (Fsp3) is 0.211. The molecule has 0 bridgehead atoms. The minimum atomic E-state index is -0.427. The summed E-state index contributed by atoms with van der Waals surface area (Å²) < 4.78 is 4.99. The molecule has 0 aliphatic carbocycles. The topological polar surface area (TPSA) is 68.3 Å². The van der Waals surface area contributed by atoms with E-state index in [1.54, 1.807) is 18.4 Å². The Morgan fingerprint density at radius 2 is 2.08 bits per heavy atom. The van der Waals surface area contributed by atoms with E-state index in [1.807, 2.05) is 37.3 Å². The number of amides is 1. The van der Waals surface area contributed by atoms with Gasteiger partial charge in [0.05, 0.1) is 28.5 Å². The van der Waals surface area contributed by atoms with E-state index in [9.17, 15) is 9.59 Å². The maximum Gasteiger partial charge on any atom is 0.341 e. The second kappa shape index (κ2) is 8.33. The normalized spacial score (nSPS) is 10.7. The third-order valence-electron chi connectivity index (χ3n) is 3.66. The zero-order valence-electron chi connectivity index (χ0n) is 14.4. The van der Waals surface area contributed by atoms with Crippen molar-refractivity contribution in [3.8, 4) is 0 Å². The lowest BCUT2D eigenvalue weighted by atomic mass is 10.1. The molecule has 0 aliphatic heterocycles. The Hall–Kier alpha value is -2.38. The molecule has 1 amide bonds. The Labute approximate surface area is 159 Å². The monoisotopic (exact) mass is 386 g/mol. The standard InChI is InChI=1S/C19H18N2O3S2/c1-3-24-19(23)14-8-9-25-18(14)21-16(22)11-26-17-10-12(2)13-6-4-5-7-15(13)20-17/h4-10H,3,11H2,1-2H3,(H,21,22). The summed E-state index contributed by atoms with van der Waals surface area (Å²) in [5, 5.41) is 6.96. The smallest absolute Gasteiger partial charge is 0.341 e. The van der Waals surface area contributed by atoms with Gasteiger partial charge in [-0.05, 0) is 43.0 Å². The summed E-state index contributed by atoms with van der Waals surface area (Å²) >= 11 is 2.67. The second-order valence-electron chi connectivity index (χ2n) is 5.52. The highest BCUT2D eigenvalue weighted by Crippen LogP contribution is 2.26. The van der Waals surface area contributed by atoms with Crippen molar-refractivity contribution in [2.45, 2.75) is 18.9 Å². The summed E-state index contributed by atoms with van der Waals surface area (Å²) in [7, 11) is 0. The van der Waals surface area contributed by atoms with Crippen molar-refractivity contribution in [2.24, 2.45) is 0 Å².